The van der Waals surface area contributed by atoms with E-state index in [-0.39, 0.29) is 6.54 Å². The van der Waals surface area contributed by atoms with Crippen LogP contribution in [0.15, 0.2) is 17.2 Å². The summed E-state index contributed by atoms with van der Waals surface area (Å²) in [6, 6.07) is 0. The summed E-state index contributed by atoms with van der Waals surface area (Å²) in [7, 11) is 0. The van der Waals surface area contributed by atoms with Crippen LogP contribution in [0.25, 0.3) is 0 Å². The van der Waals surface area contributed by atoms with Crippen LogP contribution in [-0.2, 0) is 11.3 Å². The number of hydrogen-bond donors (Lipinski definition) is 1. The maximum atomic E-state index is 11.1. The minimum atomic E-state index is -1.15. The smallest absolute Gasteiger partial charge is 0.347 e. The molecule has 1 heterocycles. The van der Waals surface area contributed by atoms with Gasteiger partial charge in [-0.2, -0.15) is 0 Å². The summed E-state index contributed by atoms with van der Waals surface area (Å²) in [6.07, 6.45) is 2.94. The summed E-state index contributed by atoms with van der Waals surface area (Å²) in [5.74, 6) is -1.15. The second kappa shape index (κ2) is 4.23. The zero-order valence-corrected chi connectivity index (χ0v) is 8.23. The van der Waals surface area contributed by atoms with E-state index in [2.05, 4.69) is 4.98 Å². The molecule has 0 fully saturated rings. The molecule has 5 nitrogen and oxygen atoms in total. The van der Waals surface area contributed by atoms with E-state index >= 15 is 0 Å². The van der Waals surface area contributed by atoms with Crippen molar-refractivity contribution in [1.29, 1.82) is 0 Å². The maximum Gasteiger partial charge on any atom is 0.347 e. The first-order valence-electron chi connectivity index (χ1n) is 3.90. The molecular formula is C8H9ClN2O3. The molecule has 1 unspecified atom stereocenters. The Labute approximate surface area is 85.0 Å². The standard InChI is InChI=1S/C8H9ClN2O3/c1-5-2-10-8(14)11(3-5)4-6(9)7(12)13/h2-3,6H,4H2,1H3,(H,12,13). The quantitative estimate of drug-likeness (QED) is 0.735. The van der Waals surface area contributed by atoms with Crippen molar-refractivity contribution in [3.8, 4) is 0 Å². The minimum Gasteiger partial charge on any atom is -0.480 e. The molecule has 1 aromatic rings. The lowest BCUT2D eigenvalue weighted by atomic mass is 10.3. The van der Waals surface area contributed by atoms with Gasteiger partial charge in [0.2, 0.25) is 0 Å². The number of nitrogens with zero attached hydrogens (tertiary/aromatic N) is 2. The van der Waals surface area contributed by atoms with Gasteiger partial charge in [0.25, 0.3) is 0 Å². The summed E-state index contributed by atoms with van der Waals surface area (Å²) < 4.78 is 1.18. The fourth-order valence-electron chi connectivity index (χ4n) is 0.947. The number of rotatable bonds is 3. The fourth-order valence-corrected chi connectivity index (χ4v) is 1.10. The third kappa shape index (κ3) is 2.56. The van der Waals surface area contributed by atoms with Crippen molar-refractivity contribution in [2.45, 2.75) is 18.8 Å². The molecule has 1 aromatic heterocycles. The largest absolute Gasteiger partial charge is 0.480 e. The average molecular weight is 217 g/mol. The Hall–Kier alpha value is -1.36. The number of aliphatic carboxylic acids is 1. The highest BCUT2D eigenvalue weighted by atomic mass is 35.5. The van der Waals surface area contributed by atoms with Gasteiger partial charge in [-0.25, -0.2) is 9.78 Å². The van der Waals surface area contributed by atoms with Crippen molar-refractivity contribution < 1.29 is 9.90 Å². The molecule has 6 heteroatoms. The molecule has 0 spiro atoms. The van der Waals surface area contributed by atoms with E-state index in [0.717, 1.165) is 5.56 Å². The van der Waals surface area contributed by atoms with Gasteiger partial charge in [-0.15, -0.1) is 11.6 Å². The van der Waals surface area contributed by atoms with Crippen LogP contribution in [0.4, 0.5) is 0 Å². The molecule has 1 atom stereocenters. The number of halogens is 1. The lowest BCUT2D eigenvalue weighted by molar-refractivity contribution is -0.136. The van der Waals surface area contributed by atoms with Crippen LogP contribution in [0.1, 0.15) is 5.56 Å². The summed E-state index contributed by atoms with van der Waals surface area (Å²) in [5.41, 5.74) is 0.279. The summed E-state index contributed by atoms with van der Waals surface area (Å²) in [4.78, 5) is 25.1. The highest BCUT2D eigenvalue weighted by Crippen LogP contribution is 1.99. The van der Waals surface area contributed by atoms with E-state index in [1.807, 2.05) is 0 Å². The van der Waals surface area contributed by atoms with Crippen LogP contribution in [0.5, 0.6) is 0 Å². The number of aromatic nitrogens is 2. The van der Waals surface area contributed by atoms with Gasteiger partial charge in [0, 0.05) is 12.4 Å². The van der Waals surface area contributed by atoms with Crippen molar-refractivity contribution >= 4 is 17.6 Å². The molecule has 0 aromatic carbocycles. The van der Waals surface area contributed by atoms with Gasteiger partial charge in [-0.3, -0.25) is 9.36 Å². The monoisotopic (exact) mass is 216 g/mol. The third-order valence-corrected chi connectivity index (χ3v) is 1.93. The molecule has 0 bridgehead atoms. The molecule has 0 saturated heterocycles. The number of carboxylic acids is 1. The molecule has 0 aliphatic heterocycles. The maximum absolute atomic E-state index is 11.1. The van der Waals surface area contributed by atoms with E-state index in [1.165, 1.54) is 17.0 Å². The van der Waals surface area contributed by atoms with E-state index in [0.29, 0.717) is 0 Å². The predicted molar refractivity (Wildman–Crippen MR) is 50.5 cm³/mol. The predicted octanol–water partition coefficient (Wildman–Crippen LogP) is 0.244. The number of alkyl halides is 1. The summed E-state index contributed by atoms with van der Waals surface area (Å²) in [5, 5.41) is 7.42. The number of carbonyl (C=O) groups is 1. The zero-order valence-electron chi connectivity index (χ0n) is 7.48. The first-order valence-corrected chi connectivity index (χ1v) is 4.34. The summed E-state index contributed by atoms with van der Waals surface area (Å²) in [6.45, 7) is 1.68. The Balaban J connectivity index is 2.91. The lowest BCUT2D eigenvalue weighted by Crippen LogP contribution is -2.29. The molecule has 0 saturated carbocycles. The molecule has 0 aliphatic carbocycles. The topological polar surface area (TPSA) is 72.2 Å². The van der Waals surface area contributed by atoms with Gasteiger partial charge in [-0.05, 0) is 12.5 Å². The van der Waals surface area contributed by atoms with Gasteiger partial charge < -0.3 is 5.11 Å². The highest BCUT2D eigenvalue weighted by Gasteiger charge is 2.14. The molecule has 76 valence electrons. The van der Waals surface area contributed by atoms with E-state index in [9.17, 15) is 9.59 Å². The van der Waals surface area contributed by atoms with Gasteiger partial charge in [0.1, 0.15) is 5.38 Å². The van der Waals surface area contributed by atoms with Gasteiger partial charge >= 0.3 is 11.7 Å². The lowest BCUT2D eigenvalue weighted by Gasteiger charge is -2.07. The van der Waals surface area contributed by atoms with Crippen molar-refractivity contribution in [1.82, 2.24) is 9.55 Å². The first-order chi connectivity index (χ1) is 6.50. The second-order valence-electron chi connectivity index (χ2n) is 2.87. The van der Waals surface area contributed by atoms with Gasteiger partial charge in [-0.1, -0.05) is 0 Å². The summed E-state index contributed by atoms with van der Waals surface area (Å²) >= 11 is 5.49. The first kappa shape index (κ1) is 10.7. The number of aryl methyl sites for hydroxylation is 1. The molecule has 0 radical (unpaired) electrons. The normalized spacial score (nSPS) is 12.4. The Bertz CT molecular complexity index is 402. The third-order valence-electron chi connectivity index (χ3n) is 1.61. The number of carboxylic acid groups (broad SMARTS) is 1. The second-order valence-corrected chi connectivity index (χ2v) is 3.40. The molecule has 0 amide bonds. The molecule has 14 heavy (non-hydrogen) atoms. The van der Waals surface area contributed by atoms with Gasteiger partial charge in [0.15, 0.2) is 0 Å². The van der Waals surface area contributed by atoms with Crippen LogP contribution in [0, 0.1) is 6.92 Å². The molecule has 1 N–H and O–H groups in total. The van der Waals surface area contributed by atoms with Crippen molar-refractivity contribution in [3.05, 3.63) is 28.4 Å². The molecule has 1 rings (SSSR count). The minimum absolute atomic E-state index is 0.0790. The van der Waals surface area contributed by atoms with Crippen LogP contribution in [0.2, 0.25) is 0 Å². The fraction of sp³-hybridized carbons (Fsp3) is 0.375. The van der Waals surface area contributed by atoms with E-state index in [1.54, 1.807) is 6.92 Å². The van der Waals surface area contributed by atoms with Gasteiger partial charge in [0.05, 0.1) is 6.54 Å². The van der Waals surface area contributed by atoms with E-state index < -0.39 is 17.0 Å². The van der Waals surface area contributed by atoms with Crippen LogP contribution in [0.3, 0.4) is 0 Å². The Morgan fingerprint density at radius 1 is 1.79 bits per heavy atom. The zero-order chi connectivity index (χ0) is 10.7. The van der Waals surface area contributed by atoms with E-state index in [4.69, 9.17) is 16.7 Å². The molecular weight excluding hydrogens is 208 g/mol. The molecule has 0 aliphatic rings. The Morgan fingerprint density at radius 2 is 2.43 bits per heavy atom. The average Bonchev–Trinajstić information content (AvgIpc) is 2.11. The van der Waals surface area contributed by atoms with Crippen LogP contribution >= 0.6 is 11.6 Å². The van der Waals surface area contributed by atoms with Crippen molar-refractivity contribution in [3.63, 3.8) is 0 Å². The number of hydrogen-bond acceptors (Lipinski definition) is 3. The van der Waals surface area contributed by atoms with Crippen molar-refractivity contribution in [2.24, 2.45) is 0 Å². The highest BCUT2D eigenvalue weighted by molar-refractivity contribution is 6.29. The van der Waals surface area contributed by atoms with Crippen molar-refractivity contribution in [2.75, 3.05) is 0 Å². The Morgan fingerprint density at radius 3 is 3.00 bits per heavy atom. The Kier molecular flexibility index (Phi) is 3.24. The van der Waals surface area contributed by atoms with Crippen LogP contribution in [-0.4, -0.2) is 26.0 Å². The SMILES string of the molecule is Cc1cnc(=O)n(CC(Cl)C(=O)O)c1. The van der Waals surface area contributed by atoms with Crippen LogP contribution < -0.4 is 5.69 Å².